The van der Waals surface area contributed by atoms with Crippen LogP contribution in [0.4, 0.5) is 0 Å². The Morgan fingerprint density at radius 2 is 1.95 bits per heavy atom. The van der Waals surface area contributed by atoms with Crippen LogP contribution in [0.3, 0.4) is 0 Å². The van der Waals surface area contributed by atoms with Gasteiger partial charge in [0, 0.05) is 12.1 Å². The summed E-state index contributed by atoms with van der Waals surface area (Å²) in [5.41, 5.74) is 3.34. The molecule has 2 aliphatic rings. The Labute approximate surface area is 125 Å². The van der Waals surface area contributed by atoms with Gasteiger partial charge in [-0.2, -0.15) is 0 Å². The standard InChI is InChI=1S/C17H21NO3/c1-21-17(20)15-7-2-3-10-18(15)16(19)14-9-8-12-5-4-6-13(12)11-14/h8-9,11,15H,2-7,10H2,1H3/t15-/m1/s1. The smallest absolute Gasteiger partial charge is 0.328 e. The molecular weight excluding hydrogens is 266 g/mol. The number of ether oxygens (including phenoxy) is 1. The van der Waals surface area contributed by atoms with Gasteiger partial charge < -0.3 is 9.64 Å². The van der Waals surface area contributed by atoms with Gasteiger partial charge in [0.1, 0.15) is 6.04 Å². The third-order valence-corrected chi connectivity index (χ3v) is 4.58. The van der Waals surface area contributed by atoms with Crippen molar-refractivity contribution in [3.05, 3.63) is 34.9 Å². The number of likely N-dealkylation sites (tertiary alicyclic amines) is 1. The van der Waals surface area contributed by atoms with Gasteiger partial charge in [-0.1, -0.05) is 6.07 Å². The molecule has 0 aromatic heterocycles. The number of rotatable bonds is 2. The molecule has 0 bridgehead atoms. The van der Waals surface area contributed by atoms with Gasteiger partial charge in [-0.3, -0.25) is 4.79 Å². The Hall–Kier alpha value is -1.84. The van der Waals surface area contributed by atoms with Crippen molar-refractivity contribution in [2.75, 3.05) is 13.7 Å². The summed E-state index contributed by atoms with van der Waals surface area (Å²) in [5.74, 6) is -0.344. The summed E-state index contributed by atoms with van der Waals surface area (Å²) in [6.45, 7) is 0.635. The lowest BCUT2D eigenvalue weighted by Gasteiger charge is -2.33. The third-order valence-electron chi connectivity index (χ3n) is 4.58. The molecule has 21 heavy (non-hydrogen) atoms. The first-order valence-electron chi connectivity index (χ1n) is 7.71. The first kappa shape index (κ1) is 14.1. The average molecular weight is 287 g/mol. The van der Waals surface area contributed by atoms with E-state index in [-0.39, 0.29) is 11.9 Å². The van der Waals surface area contributed by atoms with Crippen molar-refractivity contribution >= 4 is 11.9 Å². The third kappa shape index (κ3) is 2.67. The zero-order chi connectivity index (χ0) is 14.8. The van der Waals surface area contributed by atoms with E-state index in [2.05, 4.69) is 6.07 Å². The second kappa shape index (κ2) is 5.88. The number of piperidine rings is 1. The minimum atomic E-state index is -0.426. The molecule has 1 aliphatic heterocycles. The van der Waals surface area contributed by atoms with Crippen molar-refractivity contribution < 1.29 is 14.3 Å². The van der Waals surface area contributed by atoms with E-state index in [0.717, 1.165) is 25.7 Å². The minimum Gasteiger partial charge on any atom is -0.467 e. The molecule has 1 aromatic rings. The molecule has 4 heteroatoms. The van der Waals surface area contributed by atoms with E-state index in [4.69, 9.17) is 4.74 Å². The molecule has 0 unspecified atom stereocenters. The summed E-state index contributed by atoms with van der Waals surface area (Å²) in [5, 5.41) is 0. The van der Waals surface area contributed by atoms with Crippen molar-refractivity contribution in [2.24, 2.45) is 0 Å². The van der Waals surface area contributed by atoms with E-state index in [1.165, 1.54) is 24.7 Å². The molecule has 1 aromatic carbocycles. The molecule has 1 atom stereocenters. The monoisotopic (exact) mass is 287 g/mol. The number of methoxy groups -OCH3 is 1. The minimum absolute atomic E-state index is 0.0419. The molecule has 1 fully saturated rings. The largest absolute Gasteiger partial charge is 0.467 e. The van der Waals surface area contributed by atoms with Crippen LogP contribution in [-0.2, 0) is 22.4 Å². The van der Waals surface area contributed by atoms with Crippen LogP contribution in [-0.4, -0.2) is 36.5 Å². The molecule has 112 valence electrons. The predicted molar refractivity (Wildman–Crippen MR) is 79.2 cm³/mol. The zero-order valence-corrected chi connectivity index (χ0v) is 12.4. The van der Waals surface area contributed by atoms with Gasteiger partial charge in [0.15, 0.2) is 0 Å². The van der Waals surface area contributed by atoms with E-state index in [9.17, 15) is 9.59 Å². The topological polar surface area (TPSA) is 46.6 Å². The molecule has 0 N–H and O–H groups in total. The average Bonchev–Trinajstić information content (AvgIpc) is 3.01. The number of benzene rings is 1. The van der Waals surface area contributed by atoms with Crippen LogP contribution in [0.15, 0.2) is 18.2 Å². The maximum Gasteiger partial charge on any atom is 0.328 e. The van der Waals surface area contributed by atoms with Crippen LogP contribution >= 0.6 is 0 Å². The Balaban J connectivity index is 1.84. The fraction of sp³-hybridized carbons (Fsp3) is 0.529. The van der Waals surface area contributed by atoms with Gasteiger partial charge in [-0.25, -0.2) is 4.79 Å². The highest BCUT2D eigenvalue weighted by molar-refractivity contribution is 5.97. The van der Waals surface area contributed by atoms with Crippen LogP contribution < -0.4 is 0 Å². The van der Waals surface area contributed by atoms with Crippen LogP contribution in [0.25, 0.3) is 0 Å². The Morgan fingerprint density at radius 3 is 2.76 bits per heavy atom. The number of hydrogen-bond acceptors (Lipinski definition) is 3. The zero-order valence-electron chi connectivity index (χ0n) is 12.4. The molecule has 1 amide bonds. The number of nitrogens with zero attached hydrogens (tertiary/aromatic N) is 1. The first-order valence-corrected chi connectivity index (χ1v) is 7.71. The van der Waals surface area contributed by atoms with Crippen molar-refractivity contribution in [3.63, 3.8) is 0 Å². The van der Waals surface area contributed by atoms with E-state index in [1.807, 2.05) is 12.1 Å². The van der Waals surface area contributed by atoms with Crippen molar-refractivity contribution in [1.82, 2.24) is 4.90 Å². The van der Waals surface area contributed by atoms with Gasteiger partial charge in [-0.15, -0.1) is 0 Å². The lowest BCUT2D eigenvalue weighted by atomic mass is 9.99. The number of carbonyl (C=O) groups is 2. The second-order valence-corrected chi connectivity index (χ2v) is 5.87. The molecule has 1 aliphatic carbocycles. The molecule has 0 radical (unpaired) electrons. The quantitative estimate of drug-likeness (QED) is 0.784. The summed E-state index contributed by atoms with van der Waals surface area (Å²) >= 11 is 0. The molecular formula is C17H21NO3. The Bertz CT molecular complexity index is 567. The maximum absolute atomic E-state index is 12.7. The fourth-order valence-corrected chi connectivity index (χ4v) is 3.43. The van der Waals surface area contributed by atoms with Crippen molar-refractivity contribution in [2.45, 2.75) is 44.6 Å². The first-order chi connectivity index (χ1) is 10.2. The van der Waals surface area contributed by atoms with Crippen LogP contribution in [0.2, 0.25) is 0 Å². The van der Waals surface area contributed by atoms with Gasteiger partial charge in [0.05, 0.1) is 7.11 Å². The molecule has 0 spiro atoms. The number of esters is 1. The lowest BCUT2D eigenvalue weighted by molar-refractivity contribution is -0.147. The van der Waals surface area contributed by atoms with Crippen molar-refractivity contribution in [1.29, 1.82) is 0 Å². The summed E-state index contributed by atoms with van der Waals surface area (Å²) < 4.78 is 4.85. The van der Waals surface area contributed by atoms with E-state index < -0.39 is 6.04 Å². The van der Waals surface area contributed by atoms with Gasteiger partial charge in [-0.05, 0) is 61.8 Å². The number of aryl methyl sites for hydroxylation is 2. The van der Waals surface area contributed by atoms with Crippen molar-refractivity contribution in [3.8, 4) is 0 Å². The lowest BCUT2D eigenvalue weighted by Crippen LogP contribution is -2.48. The van der Waals surface area contributed by atoms with E-state index >= 15 is 0 Å². The van der Waals surface area contributed by atoms with E-state index in [0.29, 0.717) is 18.5 Å². The highest BCUT2D eigenvalue weighted by Gasteiger charge is 2.33. The van der Waals surface area contributed by atoms with Gasteiger partial charge >= 0.3 is 5.97 Å². The summed E-state index contributed by atoms with van der Waals surface area (Å²) in [6.07, 6.45) is 5.94. The second-order valence-electron chi connectivity index (χ2n) is 5.87. The SMILES string of the molecule is COC(=O)[C@H]1CCCCN1C(=O)c1ccc2c(c1)CCC2. The van der Waals surface area contributed by atoms with Crippen LogP contribution in [0.1, 0.15) is 47.2 Å². The summed E-state index contributed by atoms with van der Waals surface area (Å²) in [6, 6.07) is 5.54. The Morgan fingerprint density at radius 1 is 1.14 bits per heavy atom. The molecule has 0 saturated carbocycles. The molecule has 1 saturated heterocycles. The van der Waals surface area contributed by atoms with E-state index in [1.54, 1.807) is 4.90 Å². The molecule has 1 heterocycles. The summed E-state index contributed by atoms with van der Waals surface area (Å²) in [4.78, 5) is 26.3. The normalized spacial score (nSPS) is 21.0. The molecule has 3 rings (SSSR count). The fourth-order valence-electron chi connectivity index (χ4n) is 3.43. The Kier molecular flexibility index (Phi) is 3.95. The van der Waals surface area contributed by atoms with Crippen LogP contribution in [0.5, 0.6) is 0 Å². The molecule has 4 nitrogen and oxygen atoms in total. The number of fused-ring (bicyclic) bond motifs is 1. The number of hydrogen-bond donors (Lipinski definition) is 0. The maximum atomic E-state index is 12.7. The van der Waals surface area contributed by atoms with Crippen LogP contribution in [0, 0.1) is 0 Å². The highest BCUT2D eigenvalue weighted by atomic mass is 16.5. The van der Waals surface area contributed by atoms with Gasteiger partial charge in [0.25, 0.3) is 5.91 Å². The predicted octanol–water partition coefficient (Wildman–Crippen LogP) is 2.34. The highest BCUT2D eigenvalue weighted by Crippen LogP contribution is 2.25. The summed E-state index contributed by atoms with van der Waals surface area (Å²) in [7, 11) is 1.38. The number of amides is 1. The number of carbonyl (C=O) groups excluding carboxylic acids is 2. The van der Waals surface area contributed by atoms with Gasteiger partial charge in [0.2, 0.25) is 0 Å².